The molecule has 0 aromatic heterocycles. The van der Waals surface area contributed by atoms with Crippen LogP contribution in [-0.4, -0.2) is 36.4 Å². The fourth-order valence-electron chi connectivity index (χ4n) is 6.55. The first-order valence-corrected chi connectivity index (χ1v) is 23.3. The third kappa shape index (κ3) is 44.2. The highest BCUT2D eigenvalue weighted by molar-refractivity contribution is 5.70. The Hall–Kier alpha value is -2.40. The molecule has 55 heavy (non-hydrogen) atoms. The minimum atomic E-state index is -0.773. The van der Waals surface area contributed by atoms with E-state index in [4.69, 9.17) is 9.47 Å². The molecule has 5 nitrogen and oxygen atoms in total. The van der Waals surface area contributed by atoms with E-state index in [1.54, 1.807) is 0 Å². The average molecular weight is 769 g/mol. The molecule has 0 aliphatic heterocycles. The van der Waals surface area contributed by atoms with Gasteiger partial charge in [0, 0.05) is 12.8 Å². The van der Waals surface area contributed by atoms with Crippen LogP contribution in [0.3, 0.4) is 0 Å². The summed E-state index contributed by atoms with van der Waals surface area (Å²) in [6.07, 6.45) is 60.4. The molecule has 5 heteroatoms. The van der Waals surface area contributed by atoms with Gasteiger partial charge in [-0.15, -0.1) is 0 Å². The zero-order chi connectivity index (χ0) is 40.0. The number of ether oxygens (including phenoxy) is 2. The third-order valence-corrected chi connectivity index (χ3v) is 10.0. The lowest BCUT2D eigenvalue weighted by Crippen LogP contribution is -2.28. The second-order valence-corrected chi connectivity index (χ2v) is 15.4. The van der Waals surface area contributed by atoms with Gasteiger partial charge in [-0.1, -0.05) is 203 Å². The first-order chi connectivity index (χ1) is 27.1. The maximum Gasteiger partial charge on any atom is 0.306 e. The number of allylic oxidation sites excluding steroid dienone is 10. The van der Waals surface area contributed by atoms with Crippen molar-refractivity contribution >= 4 is 11.9 Å². The molecule has 0 amide bonds. The SMILES string of the molecule is CC/C=C\C/C=C\C/C=C\C/C=C\CCCCCCCCCCCCCCCCCCCCC(=O)OC(CO)COC(=O)CCCCCCC/C=C\CCC. The largest absolute Gasteiger partial charge is 0.462 e. The monoisotopic (exact) mass is 769 g/mol. The third-order valence-electron chi connectivity index (χ3n) is 10.0. The van der Waals surface area contributed by atoms with Crippen molar-refractivity contribution in [3.05, 3.63) is 60.8 Å². The van der Waals surface area contributed by atoms with E-state index in [2.05, 4.69) is 74.6 Å². The highest BCUT2D eigenvalue weighted by Crippen LogP contribution is 2.16. The van der Waals surface area contributed by atoms with Crippen LogP contribution in [0.1, 0.15) is 226 Å². The molecule has 0 radical (unpaired) electrons. The fourth-order valence-corrected chi connectivity index (χ4v) is 6.55. The first kappa shape index (κ1) is 52.6. The number of aliphatic hydroxyl groups is 1. The lowest BCUT2D eigenvalue weighted by molar-refractivity contribution is -0.161. The van der Waals surface area contributed by atoms with Crippen molar-refractivity contribution in [2.75, 3.05) is 13.2 Å². The Kier molecular flexibility index (Phi) is 44.0. The number of hydrogen-bond acceptors (Lipinski definition) is 5. The van der Waals surface area contributed by atoms with E-state index in [9.17, 15) is 14.7 Å². The standard InChI is InChI=1S/C50H88O5/c1-3-5-7-9-11-13-15-16-17-18-19-20-21-22-23-24-25-26-27-28-29-30-31-32-33-34-35-37-39-41-43-45-50(53)55-48(46-51)47-54-49(52)44-42-40-38-36-14-12-10-8-6-4-2/h5,7-8,10-11,13,16-17,19-20,48,51H,3-4,6,9,12,14-15,18,21-47H2,1-2H3/b7-5-,10-8-,13-11-,17-16-,20-19-. The molecule has 0 saturated carbocycles. The van der Waals surface area contributed by atoms with Crippen LogP contribution in [-0.2, 0) is 19.1 Å². The predicted octanol–water partition coefficient (Wildman–Crippen LogP) is 15.1. The predicted molar refractivity (Wildman–Crippen MR) is 237 cm³/mol. The number of carbonyl (C=O) groups is 2. The minimum absolute atomic E-state index is 0.0693. The van der Waals surface area contributed by atoms with Gasteiger partial charge < -0.3 is 14.6 Å². The van der Waals surface area contributed by atoms with Crippen molar-refractivity contribution in [3.8, 4) is 0 Å². The van der Waals surface area contributed by atoms with Crippen molar-refractivity contribution in [3.63, 3.8) is 0 Å². The minimum Gasteiger partial charge on any atom is -0.462 e. The number of carbonyl (C=O) groups excluding carboxylic acids is 2. The van der Waals surface area contributed by atoms with Crippen LogP contribution < -0.4 is 0 Å². The summed E-state index contributed by atoms with van der Waals surface area (Å²) in [5.41, 5.74) is 0. The molecule has 0 bridgehead atoms. The lowest BCUT2D eigenvalue weighted by Gasteiger charge is -2.15. The second-order valence-electron chi connectivity index (χ2n) is 15.4. The van der Waals surface area contributed by atoms with Crippen LogP contribution in [0.5, 0.6) is 0 Å². The molecule has 0 aliphatic rings. The van der Waals surface area contributed by atoms with Crippen molar-refractivity contribution < 1.29 is 24.2 Å². The molecule has 0 aromatic carbocycles. The van der Waals surface area contributed by atoms with Crippen LogP contribution in [0.4, 0.5) is 0 Å². The van der Waals surface area contributed by atoms with Gasteiger partial charge in [-0.2, -0.15) is 0 Å². The highest BCUT2D eigenvalue weighted by atomic mass is 16.6. The lowest BCUT2D eigenvalue weighted by atomic mass is 10.0. The van der Waals surface area contributed by atoms with Crippen molar-refractivity contribution in [1.82, 2.24) is 0 Å². The highest BCUT2D eigenvalue weighted by Gasteiger charge is 2.16. The van der Waals surface area contributed by atoms with Crippen LogP contribution >= 0.6 is 0 Å². The number of aliphatic hydroxyl groups excluding tert-OH is 1. The van der Waals surface area contributed by atoms with Gasteiger partial charge in [0.05, 0.1) is 6.61 Å². The Morgan fingerprint density at radius 1 is 0.436 bits per heavy atom. The fraction of sp³-hybridized carbons (Fsp3) is 0.760. The first-order valence-electron chi connectivity index (χ1n) is 23.3. The van der Waals surface area contributed by atoms with Gasteiger partial charge in [0.2, 0.25) is 0 Å². The number of rotatable bonds is 42. The number of unbranched alkanes of at least 4 members (excludes halogenated alkanes) is 24. The summed E-state index contributed by atoms with van der Waals surface area (Å²) in [5.74, 6) is -0.599. The van der Waals surface area contributed by atoms with Gasteiger partial charge in [-0.25, -0.2) is 0 Å². The molecule has 0 spiro atoms. The summed E-state index contributed by atoms with van der Waals surface area (Å²) in [6, 6.07) is 0. The van der Waals surface area contributed by atoms with Gasteiger partial charge in [0.15, 0.2) is 6.10 Å². The van der Waals surface area contributed by atoms with E-state index in [0.717, 1.165) is 77.0 Å². The van der Waals surface area contributed by atoms with Crippen LogP contribution in [0.25, 0.3) is 0 Å². The molecule has 1 N–H and O–H groups in total. The van der Waals surface area contributed by atoms with E-state index >= 15 is 0 Å². The molecule has 318 valence electrons. The van der Waals surface area contributed by atoms with Gasteiger partial charge in [0.25, 0.3) is 0 Å². The van der Waals surface area contributed by atoms with Gasteiger partial charge in [-0.3, -0.25) is 9.59 Å². The summed E-state index contributed by atoms with van der Waals surface area (Å²) in [7, 11) is 0. The van der Waals surface area contributed by atoms with Crippen LogP contribution in [0.2, 0.25) is 0 Å². The quantitative estimate of drug-likeness (QED) is 0.0380. The van der Waals surface area contributed by atoms with E-state index in [-0.39, 0.29) is 25.2 Å². The van der Waals surface area contributed by atoms with Crippen molar-refractivity contribution in [2.45, 2.75) is 232 Å². The molecular formula is C50H88O5. The molecule has 0 saturated heterocycles. The molecular weight excluding hydrogens is 681 g/mol. The maximum absolute atomic E-state index is 12.2. The maximum atomic E-state index is 12.2. The molecule has 1 unspecified atom stereocenters. The number of hydrogen-bond donors (Lipinski definition) is 1. The Morgan fingerprint density at radius 3 is 1.20 bits per heavy atom. The van der Waals surface area contributed by atoms with Crippen LogP contribution in [0.15, 0.2) is 60.8 Å². The molecule has 0 aromatic rings. The smallest absolute Gasteiger partial charge is 0.306 e. The Bertz CT molecular complexity index is 961. The molecule has 0 aliphatic carbocycles. The van der Waals surface area contributed by atoms with Gasteiger partial charge >= 0.3 is 11.9 Å². The summed E-state index contributed by atoms with van der Waals surface area (Å²) in [5, 5.41) is 9.56. The Balaban J connectivity index is 3.44. The van der Waals surface area contributed by atoms with E-state index in [0.29, 0.717) is 12.8 Å². The van der Waals surface area contributed by atoms with Gasteiger partial charge in [-0.05, 0) is 70.6 Å². The average Bonchev–Trinajstić information content (AvgIpc) is 3.19. The summed E-state index contributed by atoms with van der Waals surface area (Å²) in [6.45, 7) is 3.96. The summed E-state index contributed by atoms with van der Waals surface area (Å²) in [4.78, 5) is 24.3. The molecule has 0 heterocycles. The van der Waals surface area contributed by atoms with Crippen molar-refractivity contribution in [2.24, 2.45) is 0 Å². The molecule has 1 atom stereocenters. The van der Waals surface area contributed by atoms with E-state index < -0.39 is 6.10 Å². The zero-order valence-corrected chi connectivity index (χ0v) is 36.2. The molecule has 0 rings (SSSR count). The Labute approximate surface area is 341 Å². The molecule has 0 fully saturated rings. The second kappa shape index (κ2) is 46.0. The Morgan fingerprint density at radius 2 is 0.782 bits per heavy atom. The zero-order valence-electron chi connectivity index (χ0n) is 36.2. The summed E-state index contributed by atoms with van der Waals surface area (Å²) >= 11 is 0. The number of esters is 2. The van der Waals surface area contributed by atoms with E-state index in [1.807, 2.05) is 0 Å². The normalized spacial score (nSPS) is 12.7. The van der Waals surface area contributed by atoms with E-state index in [1.165, 1.54) is 122 Å². The van der Waals surface area contributed by atoms with Crippen molar-refractivity contribution in [1.29, 1.82) is 0 Å². The topological polar surface area (TPSA) is 72.8 Å². The summed E-state index contributed by atoms with van der Waals surface area (Å²) < 4.78 is 10.6. The van der Waals surface area contributed by atoms with Gasteiger partial charge in [0.1, 0.15) is 6.61 Å². The van der Waals surface area contributed by atoms with Crippen LogP contribution in [0, 0.1) is 0 Å².